The highest BCUT2D eigenvalue weighted by molar-refractivity contribution is 5.82. The van der Waals surface area contributed by atoms with Crippen LogP contribution in [0, 0.1) is 18.6 Å². The molecule has 2 N–H and O–H groups in total. The van der Waals surface area contributed by atoms with Crippen LogP contribution in [0.25, 0.3) is 10.9 Å². The molecule has 0 radical (unpaired) electrons. The number of para-hydroxylation sites is 1. The summed E-state index contributed by atoms with van der Waals surface area (Å²) in [6, 6.07) is 12.7. The van der Waals surface area contributed by atoms with Gasteiger partial charge in [0, 0.05) is 5.39 Å². The lowest BCUT2D eigenvalue weighted by Crippen LogP contribution is -2.14. The molecule has 0 fully saturated rings. The fourth-order valence-corrected chi connectivity index (χ4v) is 2.41. The molecule has 0 aliphatic heterocycles. The van der Waals surface area contributed by atoms with Gasteiger partial charge in [0.2, 0.25) is 0 Å². The maximum atomic E-state index is 13.3. The number of benzene rings is 2. The van der Waals surface area contributed by atoms with E-state index in [9.17, 15) is 8.78 Å². The molecule has 0 saturated heterocycles. The summed E-state index contributed by atoms with van der Waals surface area (Å²) in [5, 5.41) is 1.05. The number of fused-ring (bicyclic) bond motifs is 1. The van der Waals surface area contributed by atoms with Gasteiger partial charge in [-0.15, -0.1) is 0 Å². The van der Waals surface area contributed by atoms with Gasteiger partial charge in [-0.05, 0) is 42.3 Å². The van der Waals surface area contributed by atoms with E-state index in [2.05, 4.69) is 4.98 Å². The van der Waals surface area contributed by atoms with Crippen molar-refractivity contribution in [3.63, 3.8) is 0 Å². The molecule has 3 aromatic rings. The molecule has 1 unspecified atom stereocenters. The molecule has 1 atom stereocenters. The quantitative estimate of drug-likeness (QED) is 0.776. The number of nitrogens with zero attached hydrogens (tertiary/aromatic N) is 1. The monoisotopic (exact) mass is 284 g/mol. The number of halogens is 2. The standard InChI is InChI=1S/C17H14F2N2/c1-10-8-16(21-15-5-3-2-4-12(10)15)17(20)11-6-7-13(18)14(19)9-11/h2-9,17H,20H2,1H3. The minimum atomic E-state index is -0.902. The molecule has 0 aliphatic carbocycles. The first-order valence-electron chi connectivity index (χ1n) is 6.63. The Morgan fingerprint density at radius 3 is 2.52 bits per heavy atom. The van der Waals surface area contributed by atoms with Crippen molar-refractivity contribution in [2.45, 2.75) is 13.0 Å². The first-order chi connectivity index (χ1) is 10.1. The van der Waals surface area contributed by atoms with Crippen LogP contribution in [0.15, 0.2) is 48.5 Å². The second kappa shape index (κ2) is 5.22. The van der Waals surface area contributed by atoms with Crippen LogP contribution in [0.5, 0.6) is 0 Å². The summed E-state index contributed by atoms with van der Waals surface area (Å²) < 4.78 is 26.3. The van der Waals surface area contributed by atoms with Gasteiger partial charge < -0.3 is 5.73 Å². The summed E-state index contributed by atoms with van der Waals surface area (Å²) in [7, 11) is 0. The predicted octanol–water partition coefficient (Wildman–Crippen LogP) is 3.87. The average molecular weight is 284 g/mol. The summed E-state index contributed by atoms with van der Waals surface area (Å²) in [6.07, 6.45) is 0. The van der Waals surface area contributed by atoms with Crippen molar-refractivity contribution in [2.75, 3.05) is 0 Å². The molecule has 3 rings (SSSR count). The number of rotatable bonds is 2. The Morgan fingerprint density at radius 2 is 1.76 bits per heavy atom. The lowest BCUT2D eigenvalue weighted by atomic mass is 10.0. The molecule has 106 valence electrons. The zero-order chi connectivity index (χ0) is 15.0. The Labute approximate surface area is 121 Å². The molecule has 21 heavy (non-hydrogen) atoms. The average Bonchev–Trinajstić information content (AvgIpc) is 2.49. The first kappa shape index (κ1) is 13.6. The topological polar surface area (TPSA) is 38.9 Å². The van der Waals surface area contributed by atoms with E-state index < -0.39 is 17.7 Å². The Kier molecular flexibility index (Phi) is 3.39. The Bertz CT molecular complexity index is 815. The summed E-state index contributed by atoms with van der Waals surface area (Å²) >= 11 is 0. The summed E-state index contributed by atoms with van der Waals surface area (Å²) in [5.41, 5.74) is 9.16. The molecule has 4 heteroatoms. The van der Waals surface area contributed by atoms with Gasteiger partial charge in [-0.3, -0.25) is 4.98 Å². The first-order valence-corrected chi connectivity index (χ1v) is 6.63. The van der Waals surface area contributed by atoms with Crippen molar-refractivity contribution in [1.82, 2.24) is 4.98 Å². The van der Waals surface area contributed by atoms with Crippen LogP contribution < -0.4 is 5.73 Å². The van der Waals surface area contributed by atoms with Crippen molar-refractivity contribution in [3.05, 3.63) is 77.0 Å². The van der Waals surface area contributed by atoms with Gasteiger partial charge in [0.05, 0.1) is 17.3 Å². The fourth-order valence-electron chi connectivity index (χ4n) is 2.41. The van der Waals surface area contributed by atoms with Crippen LogP contribution in [-0.4, -0.2) is 4.98 Å². The van der Waals surface area contributed by atoms with Crippen molar-refractivity contribution in [1.29, 1.82) is 0 Å². The highest BCUT2D eigenvalue weighted by Gasteiger charge is 2.14. The van der Waals surface area contributed by atoms with Crippen molar-refractivity contribution >= 4 is 10.9 Å². The number of hydrogen-bond acceptors (Lipinski definition) is 2. The number of hydrogen-bond donors (Lipinski definition) is 1. The van der Waals surface area contributed by atoms with E-state index >= 15 is 0 Å². The number of pyridine rings is 1. The van der Waals surface area contributed by atoms with E-state index in [0.717, 1.165) is 28.6 Å². The largest absolute Gasteiger partial charge is 0.319 e. The summed E-state index contributed by atoms with van der Waals surface area (Å²) in [5.74, 6) is -1.78. The third-order valence-electron chi connectivity index (χ3n) is 3.56. The maximum Gasteiger partial charge on any atom is 0.159 e. The number of aromatic nitrogens is 1. The molecule has 0 aliphatic rings. The van der Waals surface area contributed by atoms with Gasteiger partial charge in [-0.25, -0.2) is 8.78 Å². The van der Waals surface area contributed by atoms with Crippen LogP contribution in [-0.2, 0) is 0 Å². The smallest absolute Gasteiger partial charge is 0.159 e. The number of aryl methyl sites for hydroxylation is 1. The zero-order valence-electron chi connectivity index (χ0n) is 11.5. The third kappa shape index (κ3) is 2.50. The number of nitrogens with two attached hydrogens (primary N) is 1. The van der Waals surface area contributed by atoms with Crippen LogP contribution in [0.2, 0.25) is 0 Å². The van der Waals surface area contributed by atoms with E-state index in [-0.39, 0.29) is 0 Å². The predicted molar refractivity (Wildman–Crippen MR) is 78.9 cm³/mol. The molecule has 0 spiro atoms. The SMILES string of the molecule is Cc1cc(C(N)c2ccc(F)c(F)c2)nc2ccccc12. The Hall–Kier alpha value is -2.33. The van der Waals surface area contributed by atoms with E-state index in [1.807, 2.05) is 37.3 Å². The molecule has 0 bridgehead atoms. The van der Waals surface area contributed by atoms with Crippen LogP contribution >= 0.6 is 0 Å². The summed E-state index contributed by atoms with van der Waals surface area (Å²) in [4.78, 5) is 4.52. The second-order valence-corrected chi connectivity index (χ2v) is 5.03. The molecule has 2 nitrogen and oxygen atoms in total. The maximum absolute atomic E-state index is 13.3. The van der Waals surface area contributed by atoms with E-state index in [0.29, 0.717) is 11.3 Å². The second-order valence-electron chi connectivity index (χ2n) is 5.03. The minimum absolute atomic E-state index is 0.496. The van der Waals surface area contributed by atoms with Crippen molar-refractivity contribution in [3.8, 4) is 0 Å². The lowest BCUT2D eigenvalue weighted by Gasteiger charge is -2.14. The third-order valence-corrected chi connectivity index (χ3v) is 3.56. The molecule has 0 saturated carbocycles. The molecule has 2 aromatic carbocycles. The highest BCUT2D eigenvalue weighted by atomic mass is 19.2. The molecular weight excluding hydrogens is 270 g/mol. The van der Waals surface area contributed by atoms with Crippen LogP contribution in [0.3, 0.4) is 0 Å². The van der Waals surface area contributed by atoms with Gasteiger partial charge in [0.1, 0.15) is 0 Å². The molecule has 0 amide bonds. The van der Waals surface area contributed by atoms with Gasteiger partial charge in [-0.2, -0.15) is 0 Å². The lowest BCUT2D eigenvalue weighted by molar-refractivity contribution is 0.506. The van der Waals surface area contributed by atoms with Gasteiger partial charge in [0.25, 0.3) is 0 Å². The minimum Gasteiger partial charge on any atom is -0.319 e. The van der Waals surface area contributed by atoms with E-state index in [1.165, 1.54) is 6.07 Å². The van der Waals surface area contributed by atoms with E-state index in [4.69, 9.17) is 5.73 Å². The Balaban J connectivity index is 2.08. The van der Waals surface area contributed by atoms with E-state index in [1.54, 1.807) is 0 Å². The zero-order valence-corrected chi connectivity index (χ0v) is 11.5. The normalized spacial score (nSPS) is 12.6. The molecule has 1 heterocycles. The molecular formula is C17H14F2N2. The van der Waals surface area contributed by atoms with Gasteiger partial charge in [-0.1, -0.05) is 24.3 Å². The van der Waals surface area contributed by atoms with Gasteiger partial charge in [0.15, 0.2) is 11.6 Å². The van der Waals surface area contributed by atoms with Crippen LogP contribution in [0.4, 0.5) is 8.78 Å². The highest BCUT2D eigenvalue weighted by Crippen LogP contribution is 2.24. The molecule has 1 aromatic heterocycles. The van der Waals surface area contributed by atoms with Crippen molar-refractivity contribution < 1.29 is 8.78 Å². The summed E-state index contributed by atoms with van der Waals surface area (Å²) in [6.45, 7) is 1.98. The van der Waals surface area contributed by atoms with Crippen LogP contribution in [0.1, 0.15) is 22.9 Å². The Morgan fingerprint density at radius 1 is 1.00 bits per heavy atom. The van der Waals surface area contributed by atoms with Gasteiger partial charge >= 0.3 is 0 Å². The fraction of sp³-hybridized carbons (Fsp3) is 0.118. The van der Waals surface area contributed by atoms with Crippen molar-refractivity contribution in [2.24, 2.45) is 5.73 Å².